The van der Waals surface area contributed by atoms with Gasteiger partial charge in [0.1, 0.15) is 6.29 Å². The van der Waals surface area contributed by atoms with Gasteiger partial charge in [0.15, 0.2) is 0 Å². The minimum atomic E-state index is 0.321. The Morgan fingerprint density at radius 1 is 1.75 bits per heavy atom. The van der Waals surface area contributed by atoms with Gasteiger partial charge in [-0.05, 0) is 42.6 Å². The van der Waals surface area contributed by atoms with E-state index in [-0.39, 0.29) is 0 Å². The van der Waals surface area contributed by atoms with Crippen LogP contribution in [0.3, 0.4) is 0 Å². The summed E-state index contributed by atoms with van der Waals surface area (Å²) in [6.07, 6.45) is 9.56. The number of hydrogen-bond acceptors (Lipinski definition) is 1. The van der Waals surface area contributed by atoms with Crippen molar-refractivity contribution in [2.24, 2.45) is 11.3 Å². The number of rotatable bonds is 3. The summed E-state index contributed by atoms with van der Waals surface area (Å²) in [5.74, 6) is 0.733. The molecule has 0 aliphatic heterocycles. The number of fused-ring (bicyclic) bond motifs is 2. The van der Waals surface area contributed by atoms with E-state index in [1.54, 1.807) is 0 Å². The first-order valence-corrected chi connectivity index (χ1v) is 4.98. The van der Waals surface area contributed by atoms with Crippen LogP contribution in [-0.4, -0.2) is 6.29 Å². The van der Waals surface area contributed by atoms with Crippen LogP contribution in [0.15, 0.2) is 11.6 Å². The lowest BCUT2D eigenvalue weighted by Gasteiger charge is -2.26. The molecule has 0 aromatic heterocycles. The third-order valence-electron chi connectivity index (χ3n) is 3.53. The molecule has 2 rings (SSSR count). The highest BCUT2D eigenvalue weighted by molar-refractivity contribution is 5.77. The fraction of sp³-hybridized carbons (Fsp3) is 0.727. The van der Waals surface area contributed by atoms with E-state index in [1.165, 1.54) is 32.1 Å². The lowest BCUT2D eigenvalue weighted by atomic mass is 9.77. The normalized spacial score (nSPS) is 38.4. The van der Waals surface area contributed by atoms with Crippen LogP contribution in [0.25, 0.3) is 0 Å². The number of hydrogen-bond donors (Lipinski definition) is 0. The smallest absolute Gasteiger partial charge is 0.146 e. The molecule has 66 valence electrons. The first-order chi connectivity index (χ1) is 5.80. The second-order valence-corrected chi connectivity index (χ2v) is 4.27. The van der Waals surface area contributed by atoms with Crippen LogP contribution in [0.4, 0.5) is 0 Å². The van der Waals surface area contributed by atoms with Gasteiger partial charge in [-0.15, -0.1) is 0 Å². The predicted molar refractivity (Wildman–Crippen MR) is 48.8 cm³/mol. The van der Waals surface area contributed by atoms with Crippen molar-refractivity contribution in [3.63, 3.8) is 0 Å². The maximum absolute atomic E-state index is 10.8. The van der Waals surface area contributed by atoms with Gasteiger partial charge in [-0.2, -0.15) is 0 Å². The summed E-state index contributed by atoms with van der Waals surface area (Å²) in [7, 11) is 0. The van der Waals surface area contributed by atoms with Crippen LogP contribution < -0.4 is 0 Å². The highest BCUT2D eigenvalue weighted by Crippen LogP contribution is 2.55. The average molecular weight is 164 g/mol. The largest absolute Gasteiger partial charge is 0.298 e. The van der Waals surface area contributed by atoms with Crippen LogP contribution in [-0.2, 0) is 4.79 Å². The van der Waals surface area contributed by atoms with Crippen LogP contribution in [0, 0.1) is 11.3 Å². The molecule has 0 heterocycles. The standard InChI is InChI=1S/C11H16O/c1-2-4-11-5-3-9(7-11)6-10(11)8-12/h6,8-9H,2-5,7H2,1H3. The minimum absolute atomic E-state index is 0.321. The summed E-state index contributed by atoms with van der Waals surface area (Å²) < 4.78 is 0. The summed E-state index contributed by atoms with van der Waals surface area (Å²) in [4.78, 5) is 10.8. The number of allylic oxidation sites excluding steroid dienone is 2. The first-order valence-electron chi connectivity index (χ1n) is 4.98. The Morgan fingerprint density at radius 3 is 3.17 bits per heavy atom. The topological polar surface area (TPSA) is 17.1 Å². The van der Waals surface area contributed by atoms with E-state index in [0.717, 1.165) is 17.8 Å². The second-order valence-electron chi connectivity index (χ2n) is 4.27. The highest BCUT2D eigenvalue weighted by Gasteiger charge is 2.45. The van der Waals surface area contributed by atoms with Gasteiger partial charge < -0.3 is 0 Å². The van der Waals surface area contributed by atoms with E-state index in [0.29, 0.717) is 5.41 Å². The molecule has 1 fully saturated rings. The number of carbonyl (C=O) groups excluding carboxylic acids is 1. The van der Waals surface area contributed by atoms with Gasteiger partial charge >= 0.3 is 0 Å². The SMILES string of the molecule is CCCC12CCC(C=C1C=O)C2. The van der Waals surface area contributed by atoms with Crippen molar-refractivity contribution in [1.82, 2.24) is 0 Å². The Labute approximate surface area is 73.8 Å². The summed E-state index contributed by atoms with van der Waals surface area (Å²) >= 11 is 0. The molecular formula is C11H16O. The molecule has 2 atom stereocenters. The molecule has 1 nitrogen and oxygen atoms in total. The zero-order valence-corrected chi connectivity index (χ0v) is 7.68. The monoisotopic (exact) mass is 164 g/mol. The zero-order valence-electron chi connectivity index (χ0n) is 7.68. The van der Waals surface area contributed by atoms with Gasteiger partial charge in [-0.3, -0.25) is 4.79 Å². The van der Waals surface area contributed by atoms with Crippen LogP contribution in [0.1, 0.15) is 39.0 Å². The van der Waals surface area contributed by atoms with Crippen molar-refractivity contribution in [1.29, 1.82) is 0 Å². The summed E-state index contributed by atoms with van der Waals surface area (Å²) in [5.41, 5.74) is 1.43. The first kappa shape index (κ1) is 8.03. The molecule has 1 heteroatoms. The van der Waals surface area contributed by atoms with Crippen LogP contribution in [0.2, 0.25) is 0 Å². The Bertz CT molecular complexity index is 229. The van der Waals surface area contributed by atoms with E-state index in [4.69, 9.17) is 0 Å². The minimum Gasteiger partial charge on any atom is -0.298 e. The van der Waals surface area contributed by atoms with Crippen molar-refractivity contribution < 1.29 is 4.79 Å². The van der Waals surface area contributed by atoms with E-state index < -0.39 is 0 Å². The molecule has 0 radical (unpaired) electrons. The van der Waals surface area contributed by atoms with Gasteiger partial charge in [0.05, 0.1) is 0 Å². The van der Waals surface area contributed by atoms with Crippen LogP contribution in [0.5, 0.6) is 0 Å². The predicted octanol–water partition coefficient (Wildman–Crippen LogP) is 2.71. The summed E-state index contributed by atoms with van der Waals surface area (Å²) in [6.45, 7) is 2.21. The Kier molecular flexibility index (Phi) is 1.82. The highest BCUT2D eigenvalue weighted by atomic mass is 16.1. The quantitative estimate of drug-likeness (QED) is 0.586. The average Bonchev–Trinajstić information content (AvgIpc) is 2.60. The van der Waals surface area contributed by atoms with E-state index in [9.17, 15) is 4.79 Å². The molecule has 0 saturated heterocycles. The van der Waals surface area contributed by atoms with E-state index in [1.807, 2.05) is 0 Å². The number of carbonyl (C=O) groups is 1. The molecule has 0 aromatic carbocycles. The fourth-order valence-electron chi connectivity index (χ4n) is 3.02. The molecule has 2 aliphatic carbocycles. The molecule has 1 saturated carbocycles. The van der Waals surface area contributed by atoms with Crippen molar-refractivity contribution in [3.05, 3.63) is 11.6 Å². The van der Waals surface area contributed by atoms with Crippen molar-refractivity contribution in [2.45, 2.75) is 39.0 Å². The Hall–Kier alpha value is -0.590. The molecule has 0 spiro atoms. The molecule has 0 amide bonds. The second kappa shape index (κ2) is 2.72. The van der Waals surface area contributed by atoms with Crippen LogP contribution >= 0.6 is 0 Å². The molecule has 2 unspecified atom stereocenters. The third-order valence-corrected chi connectivity index (χ3v) is 3.53. The summed E-state index contributed by atoms with van der Waals surface area (Å²) in [6, 6.07) is 0. The molecular weight excluding hydrogens is 148 g/mol. The van der Waals surface area contributed by atoms with Gasteiger partial charge in [0.2, 0.25) is 0 Å². The molecule has 12 heavy (non-hydrogen) atoms. The Morgan fingerprint density at radius 2 is 2.58 bits per heavy atom. The van der Waals surface area contributed by atoms with Gasteiger partial charge in [-0.1, -0.05) is 19.4 Å². The van der Waals surface area contributed by atoms with Crippen molar-refractivity contribution in [3.8, 4) is 0 Å². The van der Waals surface area contributed by atoms with Crippen molar-refractivity contribution >= 4 is 6.29 Å². The lowest BCUT2D eigenvalue weighted by Crippen LogP contribution is -2.18. The Balaban J connectivity index is 2.24. The molecule has 2 aliphatic rings. The maximum Gasteiger partial charge on any atom is 0.146 e. The van der Waals surface area contributed by atoms with E-state index >= 15 is 0 Å². The summed E-state index contributed by atoms with van der Waals surface area (Å²) in [5, 5.41) is 0. The molecule has 2 bridgehead atoms. The van der Waals surface area contributed by atoms with E-state index in [2.05, 4.69) is 13.0 Å². The third kappa shape index (κ3) is 0.954. The molecule has 0 N–H and O–H groups in total. The fourth-order valence-corrected chi connectivity index (χ4v) is 3.02. The lowest BCUT2D eigenvalue weighted by molar-refractivity contribution is -0.105. The number of aldehydes is 1. The maximum atomic E-state index is 10.8. The molecule has 0 aromatic rings. The van der Waals surface area contributed by atoms with Gasteiger partial charge in [-0.25, -0.2) is 0 Å². The van der Waals surface area contributed by atoms with Gasteiger partial charge in [0, 0.05) is 0 Å². The van der Waals surface area contributed by atoms with Gasteiger partial charge in [0.25, 0.3) is 0 Å². The zero-order chi connectivity index (χ0) is 8.60. The van der Waals surface area contributed by atoms with Crippen molar-refractivity contribution in [2.75, 3.05) is 0 Å².